The maximum atomic E-state index is 12.3. The molecule has 1 saturated heterocycles. The number of nitrogens with one attached hydrogen (secondary N) is 2. The second-order valence-corrected chi connectivity index (χ2v) is 7.79. The van der Waals surface area contributed by atoms with Crippen molar-refractivity contribution in [3.05, 3.63) is 26.6 Å². The van der Waals surface area contributed by atoms with Gasteiger partial charge in [0.25, 0.3) is 5.56 Å². The third-order valence-electron chi connectivity index (χ3n) is 4.97. The summed E-state index contributed by atoms with van der Waals surface area (Å²) in [6.07, 6.45) is 3.75. The lowest BCUT2D eigenvalue weighted by atomic mass is 9.93. The molecule has 134 valence electrons. The van der Waals surface area contributed by atoms with Gasteiger partial charge in [-0.05, 0) is 71.3 Å². The average Bonchev–Trinajstić information content (AvgIpc) is 2.81. The molecule has 1 fully saturated rings. The van der Waals surface area contributed by atoms with Gasteiger partial charge >= 0.3 is 0 Å². The van der Waals surface area contributed by atoms with Crippen LogP contribution in [0.25, 0.3) is 10.2 Å². The molecule has 5 nitrogen and oxygen atoms in total. The number of aromatic nitrogens is 2. The molecule has 7 heteroatoms. The van der Waals surface area contributed by atoms with Crippen molar-refractivity contribution < 1.29 is 0 Å². The third-order valence-corrected chi connectivity index (χ3v) is 6.07. The van der Waals surface area contributed by atoms with E-state index in [1.54, 1.807) is 11.3 Å². The molecule has 24 heavy (non-hydrogen) atoms. The molecule has 2 aromatic rings. The maximum Gasteiger partial charge on any atom is 0.259 e. The van der Waals surface area contributed by atoms with E-state index in [2.05, 4.69) is 22.1 Å². The number of fused-ring (bicyclic) bond motifs is 1. The van der Waals surface area contributed by atoms with Crippen molar-refractivity contribution in [2.75, 3.05) is 26.7 Å². The maximum absolute atomic E-state index is 12.3. The Morgan fingerprint density at radius 2 is 2.04 bits per heavy atom. The Hall–Kier alpha value is -0.950. The van der Waals surface area contributed by atoms with Crippen LogP contribution in [0.2, 0.25) is 0 Å². The summed E-state index contributed by atoms with van der Waals surface area (Å²) in [6, 6.07) is 0. The van der Waals surface area contributed by atoms with Crippen LogP contribution in [0.15, 0.2) is 4.79 Å². The minimum absolute atomic E-state index is 0. The van der Waals surface area contributed by atoms with Crippen LogP contribution in [0.4, 0.5) is 0 Å². The first kappa shape index (κ1) is 19.4. The minimum Gasteiger partial charge on any atom is -0.320 e. The van der Waals surface area contributed by atoms with Crippen LogP contribution in [-0.2, 0) is 6.54 Å². The van der Waals surface area contributed by atoms with Crippen molar-refractivity contribution >= 4 is 34.0 Å². The molecule has 0 saturated carbocycles. The van der Waals surface area contributed by atoms with E-state index < -0.39 is 0 Å². The molecule has 0 spiro atoms. The Morgan fingerprint density at radius 1 is 1.33 bits per heavy atom. The van der Waals surface area contributed by atoms with Gasteiger partial charge in [-0.1, -0.05) is 0 Å². The van der Waals surface area contributed by atoms with Crippen molar-refractivity contribution in [1.82, 2.24) is 20.2 Å². The SMILES string of the molecule is CNCCC1CCN(Cc2nc3sc(C)c(C)c3c(=O)[nH]2)CC1.Cl. The Balaban J connectivity index is 0.00000208. The molecule has 0 amide bonds. The number of thiophene rings is 1. The number of H-pyrrole nitrogens is 1. The number of hydrogen-bond acceptors (Lipinski definition) is 5. The first-order valence-corrected chi connectivity index (χ1v) is 9.26. The van der Waals surface area contributed by atoms with Crippen molar-refractivity contribution in [1.29, 1.82) is 0 Å². The van der Waals surface area contributed by atoms with Crippen molar-refractivity contribution in [2.24, 2.45) is 5.92 Å². The monoisotopic (exact) mass is 370 g/mol. The van der Waals surface area contributed by atoms with Gasteiger partial charge in [0.2, 0.25) is 0 Å². The minimum atomic E-state index is 0. The molecule has 0 bridgehead atoms. The Morgan fingerprint density at radius 3 is 2.71 bits per heavy atom. The van der Waals surface area contributed by atoms with Crippen molar-refractivity contribution in [2.45, 2.75) is 39.7 Å². The smallest absolute Gasteiger partial charge is 0.259 e. The van der Waals surface area contributed by atoms with E-state index in [0.29, 0.717) is 0 Å². The highest BCUT2D eigenvalue weighted by Gasteiger charge is 2.20. The molecule has 1 aliphatic heterocycles. The second-order valence-electron chi connectivity index (χ2n) is 6.59. The summed E-state index contributed by atoms with van der Waals surface area (Å²) in [7, 11) is 2.02. The summed E-state index contributed by atoms with van der Waals surface area (Å²) in [5.41, 5.74) is 1.08. The largest absolute Gasteiger partial charge is 0.320 e. The summed E-state index contributed by atoms with van der Waals surface area (Å²) >= 11 is 1.62. The number of piperidine rings is 1. The number of aromatic amines is 1. The van der Waals surface area contributed by atoms with Crippen molar-refractivity contribution in [3.8, 4) is 0 Å². The van der Waals surface area contributed by atoms with E-state index >= 15 is 0 Å². The predicted molar refractivity (Wildman–Crippen MR) is 104 cm³/mol. The van der Waals surface area contributed by atoms with Crippen LogP contribution in [0.3, 0.4) is 0 Å². The van der Waals surface area contributed by atoms with Gasteiger partial charge in [-0.3, -0.25) is 9.69 Å². The number of aryl methyl sites for hydroxylation is 2. The van der Waals surface area contributed by atoms with Crippen LogP contribution in [0.5, 0.6) is 0 Å². The molecule has 2 N–H and O–H groups in total. The summed E-state index contributed by atoms with van der Waals surface area (Å²) in [4.78, 5) is 24.5. The lowest BCUT2D eigenvalue weighted by molar-refractivity contribution is 0.169. The van der Waals surface area contributed by atoms with E-state index in [4.69, 9.17) is 4.98 Å². The zero-order valence-electron chi connectivity index (χ0n) is 14.6. The zero-order chi connectivity index (χ0) is 16.4. The van der Waals surface area contributed by atoms with E-state index in [1.807, 2.05) is 14.0 Å². The fourth-order valence-electron chi connectivity index (χ4n) is 3.37. The fourth-order valence-corrected chi connectivity index (χ4v) is 4.42. The summed E-state index contributed by atoms with van der Waals surface area (Å²) in [5, 5.41) is 4.00. The second kappa shape index (κ2) is 8.43. The zero-order valence-corrected chi connectivity index (χ0v) is 16.3. The van der Waals surface area contributed by atoms with Crippen molar-refractivity contribution in [3.63, 3.8) is 0 Å². The highest BCUT2D eigenvalue weighted by atomic mass is 35.5. The first-order chi connectivity index (χ1) is 11.1. The standard InChI is InChI=1S/C17H26N4OS.ClH/c1-11-12(2)23-17-15(11)16(22)19-14(20-17)10-21-8-5-13(6-9-21)4-7-18-3;/h13,18H,4-10H2,1-3H3,(H,19,20,22);1H. The number of nitrogens with zero attached hydrogens (tertiary/aromatic N) is 2. The van der Waals surface area contributed by atoms with Gasteiger partial charge in [0.15, 0.2) is 0 Å². The summed E-state index contributed by atoms with van der Waals surface area (Å²) < 4.78 is 0. The molecule has 2 aromatic heterocycles. The quantitative estimate of drug-likeness (QED) is 0.849. The highest BCUT2D eigenvalue weighted by molar-refractivity contribution is 7.18. The highest BCUT2D eigenvalue weighted by Crippen LogP contribution is 2.26. The predicted octanol–water partition coefficient (Wildman–Crippen LogP) is 2.84. The van der Waals surface area contributed by atoms with Crippen LogP contribution in [0.1, 0.15) is 35.5 Å². The lowest BCUT2D eigenvalue weighted by Gasteiger charge is -2.31. The molecule has 3 rings (SSSR count). The molecular formula is C17H27ClN4OS. The van der Waals surface area contributed by atoms with E-state index in [-0.39, 0.29) is 18.0 Å². The fraction of sp³-hybridized carbons (Fsp3) is 0.647. The molecule has 3 heterocycles. The van der Waals surface area contributed by atoms with Gasteiger partial charge in [-0.25, -0.2) is 4.98 Å². The molecule has 0 aliphatic carbocycles. The number of likely N-dealkylation sites (tertiary alicyclic amines) is 1. The Labute approximate surface area is 153 Å². The van der Waals surface area contributed by atoms with E-state index in [0.717, 1.165) is 53.7 Å². The topological polar surface area (TPSA) is 61.0 Å². The third kappa shape index (κ3) is 4.17. The molecule has 0 atom stereocenters. The van der Waals surface area contributed by atoms with Gasteiger partial charge in [0, 0.05) is 4.88 Å². The van der Waals surface area contributed by atoms with Gasteiger partial charge in [-0.15, -0.1) is 23.7 Å². The van der Waals surface area contributed by atoms with Gasteiger partial charge in [0.1, 0.15) is 10.7 Å². The lowest BCUT2D eigenvalue weighted by Crippen LogP contribution is -2.35. The Bertz CT molecular complexity index is 734. The van der Waals surface area contributed by atoms with Crippen LogP contribution >= 0.6 is 23.7 Å². The van der Waals surface area contributed by atoms with Crippen LogP contribution in [0, 0.1) is 19.8 Å². The number of rotatable bonds is 5. The van der Waals surface area contributed by atoms with Crippen LogP contribution < -0.4 is 10.9 Å². The van der Waals surface area contributed by atoms with Gasteiger partial charge < -0.3 is 10.3 Å². The van der Waals surface area contributed by atoms with E-state index in [9.17, 15) is 4.79 Å². The normalized spacial score (nSPS) is 16.5. The molecule has 0 aromatic carbocycles. The molecule has 0 radical (unpaired) electrons. The average molecular weight is 371 g/mol. The first-order valence-electron chi connectivity index (χ1n) is 8.44. The van der Waals surface area contributed by atoms with Gasteiger partial charge in [-0.2, -0.15) is 0 Å². The molecule has 1 aliphatic rings. The van der Waals surface area contributed by atoms with Gasteiger partial charge in [0.05, 0.1) is 11.9 Å². The molecule has 0 unspecified atom stereocenters. The number of halogens is 1. The Kier molecular flexibility index (Phi) is 6.80. The summed E-state index contributed by atoms with van der Waals surface area (Å²) in [5.74, 6) is 1.63. The number of hydrogen-bond donors (Lipinski definition) is 2. The summed E-state index contributed by atoms with van der Waals surface area (Å²) in [6.45, 7) is 8.10. The molecular weight excluding hydrogens is 344 g/mol. The van der Waals surface area contributed by atoms with E-state index in [1.165, 1.54) is 24.1 Å². The van der Waals surface area contributed by atoms with Crippen LogP contribution in [-0.4, -0.2) is 41.5 Å².